The second kappa shape index (κ2) is 6.97. The molecule has 3 aromatic carbocycles. The van der Waals surface area contributed by atoms with E-state index in [9.17, 15) is 4.79 Å². The maximum absolute atomic E-state index is 12.7. The minimum Gasteiger partial charge on any atom is -0.497 e. The van der Waals surface area contributed by atoms with E-state index in [1.165, 1.54) is 5.56 Å². The van der Waals surface area contributed by atoms with Crippen molar-refractivity contribution in [3.8, 4) is 17.2 Å². The van der Waals surface area contributed by atoms with Crippen LogP contribution in [0.15, 0.2) is 82.0 Å². The predicted molar refractivity (Wildman–Crippen MR) is 111 cm³/mol. The molecule has 0 aliphatic heterocycles. The van der Waals surface area contributed by atoms with Gasteiger partial charge in [-0.2, -0.15) is 0 Å². The van der Waals surface area contributed by atoms with Crippen LogP contribution in [0, 0.1) is 0 Å². The fourth-order valence-electron chi connectivity index (χ4n) is 3.36. The van der Waals surface area contributed by atoms with Crippen molar-refractivity contribution in [2.24, 2.45) is 0 Å². The molecular formula is C24H21NO3. The summed E-state index contributed by atoms with van der Waals surface area (Å²) < 4.78 is 10.8. The molecule has 28 heavy (non-hydrogen) atoms. The van der Waals surface area contributed by atoms with E-state index in [0.717, 1.165) is 5.56 Å². The fraction of sp³-hybridized carbons (Fsp3) is 0.167. The third-order valence-corrected chi connectivity index (χ3v) is 5.16. The highest BCUT2D eigenvalue weighted by molar-refractivity contribution is 5.80. The first-order valence-electron chi connectivity index (χ1n) is 9.14. The molecule has 4 aromatic rings. The van der Waals surface area contributed by atoms with Crippen molar-refractivity contribution in [1.29, 1.82) is 0 Å². The average Bonchev–Trinajstić information content (AvgIpc) is 2.74. The molecule has 4 nitrogen and oxygen atoms in total. The molecule has 0 saturated heterocycles. The predicted octanol–water partition coefficient (Wildman–Crippen LogP) is 5.19. The van der Waals surface area contributed by atoms with Crippen LogP contribution in [0.25, 0.3) is 22.4 Å². The van der Waals surface area contributed by atoms with Gasteiger partial charge in [0.1, 0.15) is 5.75 Å². The Kier molecular flexibility index (Phi) is 4.47. The lowest BCUT2D eigenvalue weighted by Crippen LogP contribution is -2.19. The Bertz CT molecular complexity index is 1190. The summed E-state index contributed by atoms with van der Waals surface area (Å²) in [6.45, 7) is 4.28. The van der Waals surface area contributed by atoms with Crippen LogP contribution in [0.1, 0.15) is 25.0 Å². The zero-order valence-corrected chi connectivity index (χ0v) is 16.1. The molecular weight excluding hydrogens is 350 g/mol. The van der Waals surface area contributed by atoms with Crippen LogP contribution in [-0.2, 0) is 5.41 Å². The van der Waals surface area contributed by atoms with E-state index in [0.29, 0.717) is 22.2 Å². The van der Waals surface area contributed by atoms with Crippen LogP contribution in [0.5, 0.6) is 5.75 Å². The number of ether oxygens (including phenoxy) is 1. The van der Waals surface area contributed by atoms with Gasteiger partial charge in [0, 0.05) is 11.0 Å². The van der Waals surface area contributed by atoms with Crippen molar-refractivity contribution in [3.05, 3.63) is 94.3 Å². The lowest BCUT2D eigenvalue weighted by molar-refractivity contribution is 0.414. The third-order valence-electron chi connectivity index (χ3n) is 5.16. The molecule has 0 radical (unpaired) electrons. The van der Waals surface area contributed by atoms with Gasteiger partial charge in [-0.1, -0.05) is 56.3 Å². The van der Waals surface area contributed by atoms with E-state index in [1.807, 2.05) is 54.6 Å². The summed E-state index contributed by atoms with van der Waals surface area (Å²) in [4.78, 5) is 17.3. The zero-order valence-electron chi connectivity index (χ0n) is 16.1. The Morgan fingerprint density at radius 1 is 0.893 bits per heavy atom. The van der Waals surface area contributed by atoms with Crippen molar-refractivity contribution in [3.63, 3.8) is 0 Å². The summed E-state index contributed by atoms with van der Waals surface area (Å²) >= 11 is 0. The van der Waals surface area contributed by atoms with Gasteiger partial charge in [0.25, 0.3) is 0 Å². The minimum absolute atomic E-state index is 0.243. The Balaban J connectivity index is 1.82. The van der Waals surface area contributed by atoms with E-state index in [-0.39, 0.29) is 11.3 Å². The van der Waals surface area contributed by atoms with E-state index in [4.69, 9.17) is 9.15 Å². The Morgan fingerprint density at radius 3 is 2.43 bits per heavy atom. The second-order valence-corrected chi connectivity index (χ2v) is 7.26. The number of rotatable bonds is 4. The summed E-state index contributed by atoms with van der Waals surface area (Å²) in [6.07, 6.45) is 0. The molecule has 0 amide bonds. The fourth-order valence-corrected chi connectivity index (χ4v) is 3.36. The van der Waals surface area contributed by atoms with Gasteiger partial charge in [0.05, 0.1) is 18.0 Å². The summed E-state index contributed by atoms with van der Waals surface area (Å²) in [5.74, 6) is 0.966. The number of methoxy groups -OCH3 is 1. The first-order chi connectivity index (χ1) is 13.5. The van der Waals surface area contributed by atoms with Gasteiger partial charge in [-0.25, -0.2) is 9.78 Å². The minimum atomic E-state index is -0.395. The summed E-state index contributed by atoms with van der Waals surface area (Å²) in [6, 6.07) is 23.3. The number of hydrogen-bond donors (Lipinski definition) is 0. The van der Waals surface area contributed by atoms with Crippen molar-refractivity contribution >= 4 is 10.9 Å². The molecule has 0 spiro atoms. The highest BCUT2D eigenvalue weighted by atomic mass is 16.5. The topological polar surface area (TPSA) is 52.3 Å². The van der Waals surface area contributed by atoms with E-state index >= 15 is 0 Å². The molecule has 4 heteroatoms. The number of fused-ring (bicyclic) bond motifs is 1. The van der Waals surface area contributed by atoms with E-state index in [2.05, 4.69) is 31.0 Å². The van der Waals surface area contributed by atoms with Crippen LogP contribution in [0.2, 0.25) is 0 Å². The number of hydrogen-bond acceptors (Lipinski definition) is 4. The highest BCUT2D eigenvalue weighted by Crippen LogP contribution is 2.32. The Morgan fingerprint density at radius 2 is 1.68 bits per heavy atom. The first kappa shape index (κ1) is 18.0. The molecule has 0 N–H and O–H groups in total. The molecule has 0 fully saturated rings. The van der Waals surface area contributed by atoms with Crippen LogP contribution in [0.4, 0.5) is 0 Å². The van der Waals surface area contributed by atoms with Gasteiger partial charge in [0.2, 0.25) is 5.89 Å². The zero-order chi connectivity index (χ0) is 19.7. The summed E-state index contributed by atoms with van der Waals surface area (Å²) in [5, 5.41) is 0.480. The van der Waals surface area contributed by atoms with Gasteiger partial charge >= 0.3 is 5.63 Å². The number of aromatic nitrogens is 1. The smallest absolute Gasteiger partial charge is 0.347 e. The Hall–Kier alpha value is -3.40. The highest BCUT2D eigenvalue weighted by Gasteiger charge is 2.24. The van der Waals surface area contributed by atoms with Crippen LogP contribution < -0.4 is 10.4 Å². The SMILES string of the molecule is COc1cccc(-c2nc3ccc(C(C)(C)c4ccccc4)cc3c(=O)o2)c1. The molecule has 0 aliphatic rings. The summed E-state index contributed by atoms with van der Waals surface area (Å²) in [5.41, 5.74) is 2.89. The summed E-state index contributed by atoms with van der Waals surface area (Å²) in [7, 11) is 1.60. The van der Waals surface area contributed by atoms with Gasteiger partial charge in [0.15, 0.2) is 0 Å². The second-order valence-electron chi connectivity index (χ2n) is 7.26. The Labute approximate surface area is 163 Å². The standard InChI is InChI=1S/C24H21NO3/c1-24(2,17-9-5-4-6-10-17)18-12-13-21-20(15-18)23(26)28-22(25-21)16-8-7-11-19(14-16)27-3/h4-15H,1-3H3. The normalized spacial score (nSPS) is 11.5. The molecule has 0 bridgehead atoms. The monoisotopic (exact) mass is 371 g/mol. The van der Waals surface area contributed by atoms with Crippen LogP contribution in [0.3, 0.4) is 0 Å². The van der Waals surface area contributed by atoms with Crippen molar-refractivity contribution < 1.29 is 9.15 Å². The van der Waals surface area contributed by atoms with Gasteiger partial charge in [-0.05, 0) is 41.5 Å². The van der Waals surface area contributed by atoms with Crippen LogP contribution in [-0.4, -0.2) is 12.1 Å². The lowest BCUT2D eigenvalue weighted by Gasteiger charge is -2.26. The molecule has 4 rings (SSSR count). The van der Waals surface area contributed by atoms with Gasteiger partial charge in [-0.3, -0.25) is 0 Å². The van der Waals surface area contributed by atoms with Crippen LogP contribution >= 0.6 is 0 Å². The van der Waals surface area contributed by atoms with E-state index < -0.39 is 5.63 Å². The largest absolute Gasteiger partial charge is 0.497 e. The number of nitrogens with zero attached hydrogens (tertiary/aromatic N) is 1. The molecule has 1 aromatic heterocycles. The van der Waals surface area contributed by atoms with E-state index in [1.54, 1.807) is 13.2 Å². The van der Waals surface area contributed by atoms with Gasteiger partial charge in [-0.15, -0.1) is 0 Å². The molecule has 140 valence electrons. The molecule has 1 heterocycles. The maximum atomic E-state index is 12.7. The number of benzene rings is 3. The quantitative estimate of drug-likeness (QED) is 0.495. The molecule has 0 aliphatic carbocycles. The van der Waals surface area contributed by atoms with Crippen molar-refractivity contribution in [2.45, 2.75) is 19.3 Å². The molecule has 0 unspecified atom stereocenters. The first-order valence-corrected chi connectivity index (χ1v) is 9.14. The third kappa shape index (κ3) is 3.18. The molecule has 0 atom stereocenters. The van der Waals surface area contributed by atoms with Gasteiger partial charge < -0.3 is 9.15 Å². The average molecular weight is 371 g/mol. The maximum Gasteiger partial charge on any atom is 0.347 e. The van der Waals surface area contributed by atoms with Crippen molar-refractivity contribution in [2.75, 3.05) is 7.11 Å². The van der Waals surface area contributed by atoms with Crippen molar-refractivity contribution in [1.82, 2.24) is 4.98 Å². The molecule has 0 saturated carbocycles. The lowest BCUT2D eigenvalue weighted by atomic mass is 9.78.